The molecule has 2 heterocycles. The fraction of sp³-hybridized carbons (Fsp3) is 0.100. The zero-order valence-corrected chi connectivity index (χ0v) is 16.1. The Kier molecular flexibility index (Phi) is 5.30. The van der Waals surface area contributed by atoms with Crippen LogP contribution >= 0.6 is 11.8 Å². The van der Waals surface area contributed by atoms with Crippen LogP contribution in [0.2, 0.25) is 0 Å². The number of fused-ring (bicyclic) bond motifs is 1. The van der Waals surface area contributed by atoms with Crippen molar-refractivity contribution < 1.29 is 18.4 Å². The lowest BCUT2D eigenvalue weighted by atomic mass is 10.2. The number of thioether (sulfide) groups is 1. The van der Waals surface area contributed by atoms with Crippen LogP contribution in [0.1, 0.15) is 0 Å². The Balaban J connectivity index is 1.36. The van der Waals surface area contributed by atoms with E-state index in [1.807, 2.05) is 12.1 Å². The van der Waals surface area contributed by atoms with Crippen molar-refractivity contribution in [3.63, 3.8) is 0 Å². The van der Waals surface area contributed by atoms with Crippen LogP contribution in [0.25, 0.3) is 22.4 Å². The molecule has 0 radical (unpaired) electrons. The number of methoxy groups -OCH3 is 1. The van der Waals surface area contributed by atoms with E-state index in [0.29, 0.717) is 22.4 Å². The number of amides is 1. The van der Waals surface area contributed by atoms with Gasteiger partial charge in [-0.15, -0.1) is 10.2 Å². The standard InChI is InChI=1S/C20H15N3O5S/c1-26-15-6-2-12(3-7-15)19-22-23-20(28-19)29-11-17(24)21-14-5-8-16-13(10-14)4-9-18(25)27-16/h2-10H,11H2,1H3,(H,21,24). The first-order valence-corrected chi connectivity index (χ1v) is 9.54. The molecule has 0 spiro atoms. The number of anilines is 1. The molecule has 2 aromatic heterocycles. The molecule has 1 amide bonds. The molecule has 146 valence electrons. The summed E-state index contributed by atoms with van der Waals surface area (Å²) in [5.74, 6) is 0.976. The summed E-state index contributed by atoms with van der Waals surface area (Å²) >= 11 is 1.14. The van der Waals surface area contributed by atoms with Gasteiger partial charge in [0.1, 0.15) is 11.3 Å². The molecule has 0 aliphatic rings. The zero-order valence-electron chi connectivity index (χ0n) is 15.2. The predicted molar refractivity (Wildman–Crippen MR) is 108 cm³/mol. The number of rotatable bonds is 6. The van der Waals surface area contributed by atoms with Gasteiger partial charge in [0.05, 0.1) is 12.9 Å². The largest absolute Gasteiger partial charge is 0.497 e. The van der Waals surface area contributed by atoms with E-state index in [9.17, 15) is 9.59 Å². The summed E-state index contributed by atoms with van der Waals surface area (Å²) in [4.78, 5) is 23.4. The molecule has 0 saturated carbocycles. The Morgan fingerprint density at radius 1 is 1.07 bits per heavy atom. The summed E-state index contributed by atoms with van der Waals surface area (Å²) in [5.41, 5.74) is 1.40. The highest BCUT2D eigenvalue weighted by molar-refractivity contribution is 7.99. The minimum atomic E-state index is -0.417. The van der Waals surface area contributed by atoms with Crippen molar-refractivity contribution in [1.29, 1.82) is 0 Å². The van der Waals surface area contributed by atoms with Crippen LogP contribution in [-0.4, -0.2) is 29.0 Å². The van der Waals surface area contributed by atoms with Crippen LogP contribution in [0.3, 0.4) is 0 Å². The van der Waals surface area contributed by atoms with E-state index >= 15 is 0 Å². The van der Waals surface area contributed by atoms with E-state index in [-0.39, 0.29) is 11.7 Å². The van der Waals surface area contributed by atoms with E-state index in [1.165, 1.54) is 6.07 Å². The van der Waals surface area contributed by atoms with Gasteiger partial charge in [-0.05, 0) is 48.5 Å². The summed E-state index contributed by atoms with van der Waals surface area (Å²) in [5, 5.41) is 11.8. The normalized spacial score (nSPS) is 10.8. The first-order chi connectivity index (χ1) is 14.1. The summed E-state index contributed by atoms with van der Waals surface area (Å²) in [6.07, 6.45) is 0. The molecule has 9 heteroatoms. The molecule has 0 fully saturated rings. The van der Waals surface area contributed by atoms with Crippen molar-refractivity contribution in [3.8, 4) is 17.2 Å². The number of nitrogens with zero attached hydrogens (tertiary/aromatic N) is 2. The molecule has 0 atom stereocenters. The molecular formula is C20H15N3O5S. The fourth-order valence-corrected chi connectivity index (χ4v) is 3.16. The fourth-order valence-electron chi connectivity index (χ4n) is 2.59. The lowest BCUT2D eigenvalue weighted by molar-refractivity contribution is -0.113. The summed E-state index contributed by atoms with van der Waals surface area (Å²) in [6.45, 7) is 0. The maximum Gasteiger partial charge on any atom is 0.336 e. The first kappa shape index (κ1) is 18.8. The molecule has 4 rings (SSSR count). The van der Waals surface area contributed by atoms with Crippen molar-refractivity contribution in [2.24, 2.45) is 0 Å². The van der Waals surface area contributed by atoms with Crippen molar-refractivity contribution in [2.75, 3.05) is 18.2 Å². The minimum absolute atomic E-state index is 0.103. The summed E-state index contributed by atoms with van der Waals surface area (Å²) in [7, 11) is 1.59. The molecule has 29 heavy (non-hydrogen) atoms. The van der Waals surface area contributed by atoms with Crippen LogP contribution in [0.5, 0.6) is 5.75 Å². The molecular weight excluding hydrogens is 394 g/mol. The Hall–Kier alpha value is -3.59. The van der Waals surface area contributed by atoms with Gasteiger partial charge in [-0.25, -0.2) is 4.79 Å². The summed E-state index contributed by atoms with van der Waals surface area (Å²) in [6, 6.07) is 15.2. The molecule has 0 unspecified atom stereocenters. The number of ether oxygens (including phenoxy) is 1. The number of carbonyl (C=O) groups excluding carboxylic acids is 1. The van der Waals surface area contributed by atoms with Crippen LogP contribution in [-0.2, 0) is 4.79 Å². The predicted octanol–water partition coefficient (Wildman–Crippen LogP) is 3.58. The smallest absolute Gasteiger partial charge is 0.336 e. The van der Waals surface area contributed by atoms with Crippen LogP contribution in [0.15, 0.2) is 73.4 Å². The number of carbonyl (C=O) groups is 1. The minimum Gasteiger partial charge on any atom is -0.497 e. The summed E-state index contributed by atoms with van der Waals surface area (Å²) < 4.78 is 15.8. The third-order valence-electron chi connectivity index (χ3n) is 3.97. The average molecular weight is 409 g/mol. The maximum atomic E-state index is 12.2. The van der Waals surface area contributed by atoms with Gasteiger partial charge >= 0.3 is 5.63 Å². The SMILES string of the molecule is COc1ccc(-c2nnc(SCC(=O)Nc3ccc4oc(=O)ccc4c3)o2)cc1. The highest BCUT2D eigenvalue weighted by Gasteiger charge is 2.12. The molecule has 0 aliphatic heterocycles. The van der Waals surface area contributed by atoms with Crippen molar-refractivity contribution in [2.45, 2.75) is 5.22 Å². The van der Waals surface area contributed by atoms with Crippen molar-refractivity contribution in [3.05, 3.63) is 65.0 Å². The molecule has 1 N–H and O–H groups in total. The lowest BCUT2D eigenvalue weighted by Gasteiger charge is -2.05. The van der Waals surface area contributed by atoms with Gasteiger partial charge in [0, 0.05) is 22.7 Å². The topological polar surface area (TPSA) is 107 Å². The Bertz CT molecular complexity index is 1220. The number of hydrogen-bond acceptors (Lipinski definition) is 8. The third kappa shape index (κ3) is 4.46. The van der Waals surface area contributed by atoms with E-state index in [4.69, 9.17) is 13.6 Å². The highest BCUT2D eigenvalue weighted by atomic mass is 32.2. The molecule has 0 saturated heterocycles. The number of nitrogens with one attached hydrogen (secondary N) is 1. The van der Waals surface area contributed by atoms with E-state index in [2.05, 4.69) is 15.5 Å². The second-order valence-electron chi connectivity index (χ2n) is 5.95. The van der Waals surface area contributed by atoms with Crippen molar-refractivity contribution in [1.82, 2.24) is 10.2 Å². The Morgan fingerprint density at radius 3 is 2.69 bits per heavy atom. The van der Waals surface area contributed by atoms with Crippen molar-refractivity contribution >= 4 is 34.3 Å². The number of benzene rings is 2. The molecule has 2 aromatic carbocycles. The van der Waals surface area contributed by atoms with Gasteiger partial charge in [-0.2, -0.15) is 0 Å². The maximum absolute atomic E-state index is 12.2. The van der Waals surface area contributed by atoms with Gasteiger partial charge in [0.15, 0.2) is 0 Å². The first-order valence-electron chi connectivity index (χ1n) is 8.55. The quantitative estimate of drug-likeness (QED) is 0.380. The average Bonchev–Trinajstić information content (AvgIpc) is 3.21. The zero-order chi connectivity index (χ0) is 20.2. The van der Waals surface area contributed by atoms with E-state index < -0.39 is 5.63 Å². The van der Waals surface area contributed by atoms with Gasteiger partial charge in [-0.3, -0.25) is 4.79 Å². The van der Waals surface area contributed by atoms with Gasteiger partial charge < -0.3 is 18.9 Å². The molecule has 8 nitrogen and oxygen atoms in total. The molecule has 4 aromatic rings. The van der Waals surface area contributed by atoms with Crippen LogP contribution in [0, 0.1) is 0 Å². The van der Waals surface area contributed by atoms with E-state index in [0.717, 1.165) is 28.5 Å². The van der Waals surface area contributed by atoms with Gasteiger partial charge in [0.2, 0.25) is 11.8 Å². The second-order valence-corrected chi connectivity index (χ2v) is 6.87. The van der Waals surface area contributed by atoms with Crippen LogP contribution < -0.4 is 15.7 Å². The second kappa shape index (κ2) is 8.19. The third-order valence-corrected chi connectivity index (χ3v) is 4.79. The molecule has 0 bridgehead atoms. The number of aromatic nitrogens is 2. The number of hydrogen-bond donors (Lipinski definition) is 1. The monoisotopic (exact) mass is 409 g/mol. The highest BCUT2D eigenvalue weighted by Crippen LogP contribution is 2.25. The van der Waals surface area contributed by atoms with Crippen LogP contribution in [0.4, 0.5) is 5.69 Å². The van der Waals surface area contributed by atoms with Gasteiger partial charge in [0.25, 0.3) is 5.22 Å². The van der Waals surface area contributed by atoms with E-state index in [1.54, 1.807) is 43.5 Å². The molecule has 0 aliphatic carbocycles. The Labute approximate surface area is 168 Å². The Morgan fingerprint density at radius 2 is 1.90 bits per heavy atom. The lowest BCUT2D eigenvalue weighted by Crippen LogP contribution is -2.14. The van der Waals surface area contributed by atoms with Gasteiger partial charge in [-0.1, -0.05) is 11.8 Å².